The van der Waals surface area contributed by atoms with E-state index in [0.717, 1.165) is 16.9 Å². The highest BCUT2D eigenvalue weighted by molar-refractivity contribution is 5.84. The van der Waals surface area contributed by atoms with Crippen molar-refractivity contribution in [2.45, 2.75) is 13.1 Å². The Labute approximate surface area is 224 Å². The number of ether oxygens (including phenoxy) is 2. The highest BCUT2D eigenvalue weighted by Crippen LogP contribution is 2.26. The molecule has 0 aliphatic carbocycles. The van der Waals surface area contributed by atoms with Gasteiger partial charge in [-0.2, -0.15) is 9.97 Å². The molecule has 0 saturated carbocycles. The average molecular weight is 533 g/mol. The molecular formula is C26H28N8O5. The van der Waals surface area contributed by atoms with Crippen LogP contribution in [0.5, 0.6) is 5.75 Å². The van der Waals surface area contributed by atoms with Crippen molar-refractivity contribution in [3.8, 4) is 5.75 Å². The average Bonchev–Trinajstić information content (AvgIpc) is 3.38. The van der Waals surface area contributed by atoms with E-state index in [-0.39, 0.29) is 11.8 Å². The van der Waals surface area contributed by atoms with E-state index in [9.17, 15) is 14.9 Å². The van der Waals surface area contributed by atoms with Crippen LogP contribution in [0, 0.1) is 10.1 Å². The minimum absolute atomic E-state index is 0.0350. The van der Waals surface area contributed by atoms with Gasteiger partial charge in [0.1, 0.15) is 5.75 Å². The van der Waals surface area contributed by atoms with E-state index in [2.05, 4.69) is 10.3 Å². The number of imidazole rings is 1. The van der Waals surface area contributed by atoms with Gasteiger partial charge in [-0.3, -0.25) is 10.1 Å². The van der Waals surface area contributed by atoms with Crippen LogP contribution < -0.4 is 15.0 Å². The molecule has 1 saturated heterocycles. The van der Waals surface area contributed by atoms with Crippen molar-refractivity contribution in [2.75, 3.05) is 50.6 Å². The van der Waals surface area contributed by atoms with E-state index >= 15 is 0 Å². The van der Waals surface area contributed by atoms with Crippen molar-refractivity contribution < 1.29 is 19.2 Å². The van der Waals surface area contributed by atoms with Gasteiger partial charge in [0, 0.05) is 50.4 Å². The largest absolute Gasteiger partial charge is 0.496 e. The van der Waals surface area contributed by atoms with Gasteiger partial charge < -0.3 is 29.2 Å². The van der Waals surface area contributed by atoms with E-state index in [0.29, 0.717) is 62.2 Å². The second kappa shape index (κ2) is 11.2. The highest BCUT2D eigenvalue weighted by atomic mass is 16.6. The van der Waals surface area contributed by atoms with Gasteiger partial charge in [-0.15, -0.1) is 0 Å². The summed E-state index contributed by atoms with van der Waals surface area (Å²) in [6, 6.07) is 14.1. The first-order chi connectivity index (χ1) is 19.0. The molecule has 5 rings (SSSR count). The summed E-state index contributed by atoms with van der Waals surface area (Å²) in [5, 5.41) is 14.4. The molecule has 3 heterocycles. The molecule has 1 fully saturated rings. The van der Waals surface area contributed by atoms with E-state index in [1.807, 2.05) is 33.7 Å². The Morgan fingerprint density at radius 3 is 2.49 bits per heavy atom. The second-order valence-corrected chi connectivity index (χ2v) is 8.95. The number of anilines is 2. The lowest BCUT2D eigenvalue weighted by molar-refractivity contribution is -0.384. The number of nitro groups is 1. The van der Waals surface area contributed by atoms with Gasteiger partial charge in [0.15, 0.2) is 17.0 Å². The molecule has 13 heteroatoms. The zero-order valence-corrected chi connectivity index (χ0v) is 21.6. The number of methoxy groups -OCH3 is 2. The predicted octanol–water partition coefficient (Wildman–Crippen LogP) is 3.29. The van der Waals surface area contributed by atoms with E-state index < -0.39 is 4.92 Å². The molecule has 1 N–H and O–H groups in total. The Hall–Kier alpha value is -4.94. The topological polar surface area (TPSA) is 141 Å². The Bertz CT molecular complexity index is 1480. The number of carbonyl (C=O) groups excluding carboxylic acids is 1. The van der Waals surface area contributed by atoms with E-state index in [1.54, 1.807) is 30.5 Å². The van der Waals surface area contributed by atoms with Crippen LogP contribution in [0.1, 0.15) is 11.1 Å². The molecule has 202 valence electrons. The van der Waals surface area contributed by atoms with Crippen molar-refractivity contribution in [3.63, 3.8) is 0 Å². The number of piperazine rings is 1. The van der Waals surface area contributed by atoms with Crippen LogP contribution in [0.3, 0.4) is 0 Å². The Morgan fingerprint density at radius 1 is 1.05 bits per heavy atom. The van der Waals surface area contributed by atoms with Crippen molar-refractivity contribution in [1.29, 1.82) is 0 Å². The fourth-order valence-electron chi connectivity index (χ4n) is 4.48. The van der Waals surface area contributed by atoms with Gasteiger partial charge >= 0.3 is 6.09 Å². The quantitative estimate of drug-likeness (QED) is 0.265. The Morgan fingerprint density at radius 2 is 1.79 bits per heavy atom. The third kappa shape index (κ3) is 5.51. The molecular weight excluding hydrogens is 504 g/mol. The highest BCUT2D eigenvalue weighted by Gasteiger charge is 2.25. The minimum atomic E-state index is -0.421. The number of fused-ring (bicyclic) bond motifs is 1. The van der Waals surface area contributed by atoms with Gasteiger partial charge in [0.05, 0.1) is 32.0 Å². The first-order valence-electron chi connectivity index (χ1n) is 12.4. The van der Waals surface area contributed by atoms with Crippen LogP contribution in [-0.2, 0) is 17.8 Å². The molecule has 4 aromatic rings. The first-order valence-corrected chi connectivity index (χ1v) is 12.4. The maximum atomic E-state index is 11.9. The normalized spacial score (nSPS) is 13.4. The van der Waals surface area contributed by atoms with Crippen LogP contribution in [0.25, 0.3) is 11.2 Å². The van der Waals surface area contributed by atoms with Crippen molar-refractivity contribution in [1.82, 2.24) is 24.4 Å². The van der Waals surface area contributed by atoms with E-state index in [1.165, 1.54) is 19.2 Å². The summed E-state index contributed by atoms with van der Waals surface area (Å²) in [5.41, 5.74) is 3.09. The van der Waals surface area contributed by atoms with Gasteiger partial charge in [-0.25, -0.2) is 9.78 Å². The number of nitrogens with zero attached hydrogens (tertiary/aromatic N) is 7. The molecule has 1 amide bonds. The fourth-order valence-corrected chi connectivity index (χ4v) is 4.48. The summed E-state index contributed by atoms with van der Waals surface area (Å²) < 4.78 is 12.2. The lowest BCUT2D eigenvalue weighted by atomic mass is 10.2. The number of nitrogens with one attached hydrogen (secondary N) is 1. The number of amides is 1. The molecule has 1 aliphatic rings. The number of rotatable bonds is 8. The fraction of sp³-hybridized carbons (Fsp3) is 0.308. The van der Waals surface area contributed by atoms with Gasteiger partial charge in [-0.05, 0) is 11.6 Å². The number of aromatic nitrogens is 4. The molecule has 1 aliphatic heterocycles. The molecule has 0 spiro atoms. The van der Waals surface area contributed by atoms with Crippen molar-refractivity contribution in [3.05, 3.63) is 76.1 Å². The number of para-hydroxylation sites is 1. The van der Waals surface area contributed by atoms with Crippen LogP contribution in [0.4, 0.5) is 22.2 Å². The summed E-state index contributed by atoms with van der Waals surface area (Å²) in [4.78, 5) is 40.5. The van der Waals surface area contributed by atoms with Crippen LogP contribution >= 0.6 is 0 Å². The number of hydrogen-bond donors (Lipinski definition) is 1. The molecule has 0 unspecified atom stereocenters. The zero-order valence-electron chi connectivity index (χ0n) is 21.6. The number of carbonyl (C=O) groups is 1. The minimum Gasteiger partial charge on any atom is -0.496 e. The standard InChI is InChI=1S/C26H28N8O5/c1-38-21-6-4-3-5-19(21)15-27-23-22-24(30-25(29-23)31-11-13-32(14-12-31)26(35)39-2)33(17-28-22)16-18-7-9-20(10-8-18)34(36)37/h3-10,17H,11-16H2,1-2H3,(H,27,29,30). The Balaban J connectivity index is 1.46. The second-order valence-electron chi connectivity index (χ2n) is 8.95. The number of non-ortho nitro benzene ring substituents is 1. The smallest absolute Gasteiger partial charge is 0.409 e. The number of benzene rings is 2. The Kier molecular flexibility index (Phi) is 7.39. The maximum absolute atomic E-state index is 11.9. The molecule has 39 heavy (non-hydrogen) atoms. The molecule has 0 atom stereocenters. The maximum Gasteiger partial charge on any atom is 0.409 e. The first kappa shape index (κ1) is 25.7. The van der Waals surface area contributed by atoms with Crippen LogP contribution in [0.2, 0.25) is 0 Å². The predicted molar refractivity (Wildman–Crippen MR) is 144 cm³/mol. The molecule has 0 radical (unpaired) electrons. The SMILES string of the molecule is COC(=O)N1CCN(c2nc(NCc3ccccc3OC)c3ncn(Cc4ccc([N+](=O)[O-])cc4)c3n2)CC1. The van der Waals surface area contributed by atoms with E-state index in [4.69, 9.17) is 19.4 Å². The molecule has 2 aromatic carbocycles. The van der Waals surface area contributed by atoms with Crippen LogP contribution in [0.15, 0.2) is 54.9 Å². The summed E-state index contributed by atoms with van der Waals surface area (Å²) in [6.45, 7) is 2.94. The van der Waals surface area contributed by atoms with Gasteiger partial charge in [0.25, 0.3) is 5.69 Å². The molecule has 2 aromatic heterocycles. The third-order valence-electron chi connectivity index (χ3n) is 6.59. The summed E-state index contributed by atoms with van der Waals surface area (Å²) in [6.07, 6.45) is 1.33. The zero-order chi connectivity index (χ0) is 27.4. The third-order valence-corrected chi connectivity index (χ3v) is 6.59. The summed E-state index contributed by atoms with van der Waals surface area (Å²) >= 11 is 0. The van der Waals surface area contributed by atoms with Crippen molar-refractivity contribution in [2.24, 2.45) is 0 Å². The molecule has 0 bridgehead atoms. The monoisotopic (exact) mass is 532 g/mol. The lowest BCUT2D eigenvalue weighted by Crippen LogP contribution is -2.49. The van der Waals surface area contributed by atoms with Gasteiger partial charge in [0.2, 0.25) is 5.95 Å². The summed E-state index contributed by atoms with van der Waals surface area (Å²) in [7, 11) is 3.01. The summed E-state index contributed by atoms with van der Waals surface area (Å²) in [5.74, 6) is 1.84. The number of nitro benzene ring substituents is 1. The molecule has 13 nitrogen and oxygen atoms in total. The van der Waals surface area contributed by atoms with Crippen molar-refractivity contribution >= 4 is 34.7 Å². The number of hydrogen-bond acceptors (Lipinski definition) is 10. The van der Waals surface area contributed by atoms with Crippen LogP contribution in [-0.4, -0.2) is 75.8 Å². The van der Waals surface area contributed by atoms with Gasteiger partial charge in [-0.1, -0.05) is 30.3 Å². The lowest BCUT2D eigenvalue weighted by Gasteiger charge is -2.33.